The van der Waals surface area contributed by atoms with Crippen LogP contribution in [0.2, 0.25) is 0 Å². The molecule has 0 atom stereocenters. The number of nitriles is 2. The molecule has 0 heterocycles. The molecule has 0 saturated heterocycles. The Morgan fingerprint density at radius 1 is 0.842 bits per heavy atom. The lowest BCUT2D eigenvalue weighted by molar-refractivity contribution is 1.44. The summed E-state index contributed by atoms with van der Waals surface area (Å²) >= 11 is 0. The van der Waals surface area contributed by atoms with Crippen molar-refractivity contribution in [2.24, 2.45) is 0 Å². The first-order chi connectivity index (χ1) is 9.26. The molecule has 0 spiro atoms. The largest absolute Gasteiger partial charge is 0.192 e. The molecule has 0 saturated carbocycles. The van der Waals surface area contributed by atoms with Crippen molar-refractivity contribution < 1.29 is 0 Å². The van der Waals surface area contributed by atoms with E-state index in [0.717, 1.165) is 33.4 Å². The van der Waals surface area contributed by atoms with E-state index in [0.29, 0.717) is 0 Å². The topological polar surface area (TPSA) is 47.6 Å². The highest BCUT2D eigenvalue weighted by molar-refractivity contribution is 6.04. The number of rotatable bonds is 0. The van der Waals surface area contributed by atoms with Gasteiger partial charge in [-0.2, -0.15) is 10.5 Å². The fourth-order valence-electron chi connectivity index (χ4n) is 2.59. The lowest BCUT2D eigenvalue weighted by atomic mass is 9.98. The van der Waals surface area contributed by atoms with E-state index < -0.39 is 0 Å². The Bertz CT molecular complexity index is 783. The maximum Gasteiger partial charge on any atom is 0.138 e. The van der Waals surface area contributed by atoms with Crippen LogP contribution in [0, 0.1) is 29.6 Å². The van der Waals surface area contributed by atoms with Gasteiger partial charge in [0.25, 0.3) is 0 Å². The van der Waals surface area contributed by atoms with Crippen LogP contribution in [0.25, 0.3) is 16.7 Å². The summed E-state index contributed by atoms with van der Waals surface area (Å²) in [7, 11) is 0. The lowest BCUT2D eigenvalue weighted by Gasteiger charge is -2.03. The van der Waals surface area contributed by atoms with Crippen molar-refractivity contribution in [1.82, 2.24) is 0 Å². The van der Waals surface area contributed by atoms with E-state index in [1.165, 1.54) is 0 Å². The second kappa shape index (κ2) is 4.12. The van der Waals surface area contributed by atoms with Crippen molar-refractivity contribution in [2.75, 3.05) is 0 Å². The van der Waals surface area contributed by atoms with Gasteiger partial charge in [-0.1, -0.05) is 48.0 Å². The molecule has 0 fully saturated rings. The number of allylic oxidation sites excluding steroid dienone is 1. The molecule has 1 aliphatic rings. The predicted octanol–water partition coefficient (Wildman–Crippen LogP) is 3.82. The van der Waals surface area contributed by atoms with E-state index in [4.69, 9.17) is 0 Å². The Morgan fingerprint density at radius 3 is 2.16 bits per heavy atom. The molecular weight excluding hydrogens is 232 g/mol. The van der Waals surface area contributed by atoms with Gasteiger partial charge in [-0.15, -0.1) is 0 Å². The molecule has 19 heavy (non-hydrogen) atoms. The molecule has 2 nitrogen and oxygen atoms in total. The monoisotopic (exact) mass is 242 g/mol. The molecule has 0 bridgehead atoms. The molecule has 0 amide bonds. The average molecular weight is 242 g/mol. The molecule has 0 N–H and O–H groups in total. The van der Waals surface area contributed by atoms with E-state index in [-0.39, 0.29) is 5.57 Å². The molecule has 0 unspecified atom stereocenters. The van der Waals surface area contributed by atoms with Gasteiger partial charge >= 0.3 is 0 Å². The minimum Gasteiger partial charge on any atom is -0.192 e. The van der Waals surface area contributed by atoms with E-state index in [1.807, 2.05) is 49.4 Å². The molecule has 1 aliphatic carbocycles. The molecule has 2 heteroatoms. The lowest BCUT2D eigenvalue weighted by Crippen LogP contribution is -1.87. The van der Waals surface area contributed by atoms with Crippen molar-refractivity contribution in [1.29, 1.82) is 10.5 Å². The van der Waals surface area contributed by atoms with Crippen LogP contribution in [0.1, 0.15) is 16.7 Å². The van der Waals surface area contributed by atoms with Gasteiger partial charge in [0.1, 0.15) is 17.7 Å². The number of aryl methyl sites for hydroxylation is 1. The zero-order valence-corrected chi connectivity index (χ0v) is 10.4. The standard InChI is InChI=1S/C17H10N2/c1-11-6-7-14-13-4-2-3-5-15(13)17(16(14)8-11)12(9-18)10-19/h2-8H,1H3. The van der Waals surface area contributed by atoms with Crippen LogP contribution in [0.5, 0.6) is 0 Å². The third-order valence-electron chi connectivity index (χ3n) is 3.40. The fourth-order valence-corrected chi connectivity index (χ4v) is 2.59. The van der Waals surface area contributed by atoms with Gasteiger partial charge in [-0.3, -0.25) is 0 Å². The number of benzene rings is 2. The highest BCUT2D eigenvalue weighted by Crippen LogP contribution is 2.45. The quantitative estimate of drug-likeness (QED) is 0.562. The first-order valence-electron chi connectivity index (χ1n) is 6.01. The Kier molecular flexibility index (Phi) is 2.44. The van der Waals surface area contributed by atoms with Gasteiger partial charge < -0.3 is 0 Å². The van der Waals surface area contributed by atoms with E-state index in [2.05, 4.69) is 12.1 Å². The summed E-state index contributed by atoms with van der Waals surface area (Å²) in [5, 5.41) is 18.4. The first-order valence-corrected chi connectivity index (χ1v) is 6.01. The molecule has 0 radical (unpaired) electrons. The molecule has 2 aromatic rings. The van der Waals surface area contributed by atoms with Crippen molar-refractivity contribution in [3.8, 4) is 23.3 Å². The summed E-state index contributed by atoms with van der Waals surface area (Å²) in [5.74, 6) is 0. The second-order valence-electron chi connectivity index (χ2n) is 4.57. The van der Waals surface area contributed by atoms with E-state index in [1.54, 1.807) is 0 Å². The molecule has 88 valence electrons. The minimum absolute atomic E-state index is 0.178. The van der Waals surface area contributed by atoms with Gasteiger partial charge in [0, 0.05) is 5.57 Å². The molecular formula is C17H10N2. The van der Waals surface area contributed by atoms with Gasteiger partial charge in [0.2, 0.25) is 0 Å². The van der Waals surface area contributed by atoms with Gasteiger partial charge in [-0.05, 0) is 29.2 Å². The van der Waals surface area contributed by atoms with Crippen LogP contribution in [-0.2, 0) is 0 Å². The Morgan fingerprint density at radius 2 is 1.47 bits per heavy atom. The first kappa shape index (κ1) is 11.3. The smallest absolute Gasteiger partial charge is 0.138 e. The van der Waals surface area contributed by atoms with E-state index in [9.17, 15) is 10.5 Å². The Hall–Kier alpha value is -2.84. The normalized spacial score (nSPS) is 11.2. The highest BCUT2D eigenvalue weighted by Gasteiger charge is 2.25. The van der Waals surface area contributed by atoms with Crippen LogP contribution in [-0.4, -0.2) is 0 Å². The minimum atomic E-state index is 0.178. The predicted molar refractivity (Wildman–Crippen MR) is 73.9 cm³/mol. The fraction of sp³-hybridized carbons (Fsp3) is 0.0588. The SMILES string of the molecule is Cc1ccc2c(c1)C(=C(C#N)C#N)c1ccccc1-2. The third-order valence-corrected chi connectivity index (χ3v) is 3.40. The van der Waals surface area contributed by atoms with Crippen LogP contribution < -0.4 is 0 Å². The summed E-state index contributed by atoms with van der Waals surface area (Å²) in [6.07, 6.45) is 0. The van der Waals surface area contributed by atoms with Gasteiger partial charge in [0.05, 0.1) is 0 Å². The van der Waals surface area contributed by atoms with Gasteiger partial charge in [-0.25, -0.2) is 0 Å². The average Bonchev–Trinajstić information content (AvgIpc) is 2.75. The van der Waals surface area contributed by atoms with Crippen molar-refractivity contribution in [2.45, 2.75) is 6.92 Å². The maximum absolute atomic E-state index is 9.18. The third kappa shape index (κ3) is 1.55. The van der Waals surface area contributed by atoms with Crippen LogP contribution in [0.3, 0.4) is 0 Å². The van der Waals surface area contributed by atoms with Crippen LogP contribution in [0.4, 0.5) is 0 Å². The molecule has 3 rings (SSSR count). The molecule has 2 aromatic carbocycles. The number of hydrogen-bond acceptors (Lipinski definition) is 2. The van der Waals surface area contributed by atoms with Crippen LogP contribution >= 0.6 is 0 Å². The van der Waals surface area contributed by atoms with E-state index >= 15 is 0 Å². The summed E-state index contributed by atoms with van der Waals surface area (Å²) in [6.45, 7) is 2.01. The second-order valence-corrected chi connectivity index (χ2v) is 4.57. The molecule has 0 aromatic heterocycles. The number of hydrogen-bond donors (Lipinski definition) is 0. The van der Waals surface area contributed by atoms with Crippen molar-refractivity contribution >= 4 is 5.57 Å². The summed E-state index contributed by atoms with van der Waals surface area (Å²) in [6, 6.07) is 18.1. The number of fused-ring (bicyclic) bond motifs is 3. The zero-order chi connectivity index (χ0) is 13.4. The van der Waals surface area contributed by atoms with Crippen molar-refractivity contribution in [3.63, 3.8) is 0 Å². The maximum atomic E-state index is 9.18. The summed E-state index contributed by atoms with van der Waals surface area (Å²) in [5.41, 5.74) is 6.21. The Balaban J connectivity index is 2.47. The summed E-state index contributed by atoms with van der Waals surface area (Å²) < 4.78 is 0. The summed E-state index contributed by atoms with van der Waals surface area (Å²) in [4.78, 5) is 0. The van der Waals surface area contributed by atoms with Crippen molar-refractivity contribution in [3.05, 3.63) is 64.7 Å². The van der Waals surface area contributed by atoms with Gasteiger partial charge in [0.15, 0.2) is 0 Å². The van der Waals surface area contributed by atoms with Crippen LogP contribution in [0.15, 0.2) is 48.0 Å². The zero-order valence-electron chi connectivity index (χ0n) is 10.4. The molecule has 0 aliphatic heterocycles. The Labute approximate surface area is 111 Å². The highest BCUT2D eigenvalue weighted by atomic mass is 14.3. The number of nitrogens with zero attached hydrogens (tertiary/aromatic N) is 2.